The van der Waals surface area contributed by atoms with Crippen LogP contribution in [0.15, 0.2) is 53.7 Å². The fraction of sp³-hybridized carbons (Fsp3) is 0.238. The lowest BCUT2D eigenvalue weighted by atomic mass is 10.2. The Labute approximate surface area is 178 Å². The van der Waals surface area contributed by atoms with Gasteiger partial charge in [-0.3, -0.25) is 9.59 Å². The van der Waals surface area contributed by atoms with Gasteiger partial charge in [-0.15, -0.1) is 10.2 Å². The third-order valence-electron chi connectivity index (χ3n) is 4.43. The molecular weight excluding hydrogens is 405 g/mol. The number of hydrogen-bond donors (Lipinski definition) is 2. The van der Waals surface area contributed by atoms with E-state index in [2.05, 4.69) is 20.8 Å². The molecule has 0 unspecified atom stereocenters. The first-order valence-corrected chi connectivity index (χ1v) is 10.4. The molecule has 3 aromatic rings. The Morgan fingerprint density at radius 3 is 2.60 bits per heavy atom. The van der Waals surface area contributed by atoms with Crippen molar-refractivity contribution in [3.05, 3.63) is 71.3 Å². The second-order valence-electron chi connectivity index (χ2n) is 6.44. The van der Waals surface area contributed by atoms with E-state index in [-0.39, 0.29) is 29.9 Å². The summed E-state index contributed by atoms with van der Waals surface area (Å²) in [5.74, 6) is -0.123. The largest absolute Gasteiger partial charge is 0.345 e. The van der Waals surface area contributed by atoms with E-state index >= 15 is 0 Å². The molecule has 0 aliphatic rings. The number of aromatic nitrogens is 3. The molecule has 1 heterocycles. The minimum atomic E-state index is -0.367. The van der Waals surface area contributed by atoms with Crippen LogP contribution in [0.3, 0.4) is 0 Å². The molecule has 2 aromatic carbocycles. The van der Waals surface area contributed by atoms with Crippen LogP contribution in [-0.2, 0) is 17.9 Å². The molecule has 0 fully saturated rings. The highest BCUT2D eigenvalue weighted by Gasteiger charge is 2.15. The minimum absolute atomic E-state index is 0.102. The van der Waals surface area contributed by atoms with Crippen molar-refractivity contribution in [3.8, 4) is 0 Å². The fourth-order valence-electron chi connectivity index (χ4n) is 2.78. The van der Waals surface area contributed by atoms with Gasteiger partial charge in [-0.25, -0.2) is 4.39 Å². The fourth-order valence-corrected chi connectivity index (χ4v) is 3.61. The zero-order chi connectivity index (χ0) is 21.5. The average Bonchev–Trinajstić information content (AvgIpc) is 3.16. The lowest BCUT2D eigenvalue weighted by molar-refractivity contribution is -0.113. The van der Waals surface area contributed by atoms with Crippen LogP contribution in [-0.4, -0.2) is 32.3 Å². The number of rotatable bonds is 8. The van der Waals surface area contributed by atoms with Crippen molar-refractivity contribution in [1.82, 2.24) is 20.1 Å². The molecule has 0 atom stereocenters. The van der Waals surface area contributed by atoms with Crippen molar-refractivity contribution in [2.45, 2.75) is 32.1 Å². The van der Waals surface area contributed by atoms with Gasteiger partial charge in [0.2, 0.25) is 5.91 Å². The van der Waals surface area contributed by atoms with Crippen LogP contribution in [0.5, 0.6) is 0 Å². The van der Waals surface area contributed by atoms with Crippen LogP contribution < -0.4 is 10.6 Å². The number of carbonyl (C=O) groups excluding carboxylic acids is 2. The summed E-state index contributed by atoms with van der Waals surface area (Å²) < 4.78 is 15.5. The average molecular weight is 428 g/mol. The predicted octanol–water partition coefficient (Wildman–Crippen LogP) is 3.41. The molecule has 2 N–H and O–H groups in total. The van der Waals surface area contributed by atoms with Gasteiger partial charge in [-0.1, -0.05) is 36.0 Å². The molecule has 1 aromatic heterocycles. The molecule has 30 heavy (non-hydrogen) atoms. The molecule has 0 saturated carbocycles. The van der Waals surface area contributed by atoms with Gasteiger partial charge in [0.05, 0.1) is 12.3 Å². The van der Waals surface area contributed by atoms with Crippen LogP contribution >= 0.6 is 11.8 Å². The number of nitrogens with zero attached hydrogens (tertiary/aromatic N) is 3. The molecule has 7 nitrogen and oxygen atoms in total. The molecule has 156 valence electrons. The molecule has 0 radical (unpaired) electrons. The van der Waals surface area contributed by atoms with E-state index in [9.17, 15) is 14.0 Å². The number of anilines is 1. The van der Waals surface area contributed by atoms with E-state index in [1.54, 1.807) is 43.3 Å². The predicted molar refractivity (Wildman–Crippen MR) is 114 cm³/mol. The van der Waals surface area contributed by atoms with Gasteiger partial charge in [-0.05, 0) is 38.1 Å². The summed E-state index contributed by atoms with van der Waals surface area (Å²) in [5.41, 5.74) is 1.41. The summed E-state index contributed by atoms with van der Waals surface area (Å²) in [6.07, 6.45) is 0. The highest BCUT2D eigenvalue weighted by molar-refractivity contribution is 7.99. The van der Waals surface area contributed by atoms with E-state index in [0.29, 0.717) is 34.3 Å². The molecule has 0 saturated heterocycles. The van der Waals surface area contributed by atoms with Crippen molar-refractivity contribution in [2.75, 3.05) is 11.1 Å². The molecule has 0 aliphatic carbocycles. The summed E-state index contributed by atoms with van der Waals surface area (Å²) in [7, 11) is 0. The van der Waals surface area contributed by atoms with Gasteiger partial charge in [0.15, 0.2) is 11.0 Å². The number of benzene rings is 2. The third kappa shape index (κ3) is 5.24. The van der Waals surface area contributed by atoms with Crippen molar-refractivity contribution in [1.29, 1.82) is 0 Å². The summed E-state index contributed by atoms with van der Waals surface area (Å²) in [6, 6.07) is 13.5. The Kier molecular flexibility index (Phi) is 7.18. The Morgan fingerprint density at radius 1 is 1.10 bits per heavy atom. The van der Waals surface area contributed by atoms with Gasteiger partial charge in [-0.2, -0.15) is 0 Å². The highest BCUT2D eigenvalue weighted by atomic mass is 32.2. The quantitative estimate of drug-likeness (QED) is 0.538. The molecular formula is C21H22FN5O2S. The smallest absolute Gasteiger partial charge is 0.251 e. The van der Waals surface area contributed by atoms with Crippen LogP contribution in [0, 0.1) is 12.7 Å². The van der Waals surface area contributed by atoms with Crippen LogP contribution in [0.4, 0.5) is 10.1 Å². The van der Waals surface area contributed by atoms with E-state index < -0.39 is 0 Å². The Bertz CT molecular complexity index is 1040. The van der Waals surface area contributed by atoms with Crippen molar-refractivity contribution in [3.63, 3.8) is 0 Å². The standard InChI is InChI=1S/C21H22FN5O2S/c1-3-27-18(12-23-20(29)15-8-5-4-6-9-15)25-26-21(27)30-13-19(28)24-17-11-7-10-16(22)14(17)2/h4-11H,3,12-13H2,1-2H3,(H,23,29)(H,24,28). The highest BCUT2D eigenvalue weighted by Crippen LogP contribution is 2.20. The molecule has 9 heteroatoms. The zero-order valence-electron chi connectivity index (χ0n) is 16.7. The van der Waals surface area contributed by atoms with Crippen molar-refractivity contribution < 1.29 is 14.0 Å². The minimum Gasteiger partial charge on any atom is -0.345 e. The number of nitrogens with one attached hydrogen (secondary N) is 2. The maximum Gasteiger partial charge on any atom is 0.251 e. The van der Waals surface area contributed by atoms with Crippen molar-refractivity contribution in [2.24, 2.45) is 0 Å². The summed E-state index contributed by atoms with van der Waals surface area (Å²) in [6.45, 7) is 4.37. The second kappa shape index (κ2) is 10.0. The van der Waals surface area contributed by atoms with Crippen LogP contribution in [0.1, 0.15) is 28.7 Å². The lowest BCUT2D eigenvalue weighted by Gasteiger charge is -2.10. The zero-order valence-corrected chi connectivity index (χ0v) is 17.5. The molecule has 0 bridgehead atoms. The van der Waals surface area contributed by atoms with Gasteiger partial charge < -0.3 is 15.2 Å². The van der Waals surface area contributed by atoms with Gasteiger partial charge in [0, 0.05) is 23.4 Å². The van der Waals surface area contributed by atoms with Crippen LogP contribution in [0.25, 0.3) is 0 Å². The van der Waals surface area contributed by atoms with Crippen molar-refractivity contribution >= 4 is 29.3 Å². The van der Waals surface area contributed by atoms with Crippen LogP contribution in [0.2, 0.25) is 0 Å². The van der Waals surface area contributed by atoms with E-state index in [0.717, 1.165) is 0 Å². The van der Waals surface area contributed by atoms with E-state index in [1.165, 1.54) is 17.8 Å². The first-order chi connectivity index (χ1) is 14.5. The molecule has 0 aliphatic heterocycles. The van der Waals surface area contributed by atoms with E-state index in [1.807, 2.05) is 17.6 Å². The first-order valence-electron chi connectivity index (χ1n) is 9.42. The Balaban J connectivity index is 1.58. The topological polar surface area (TPSA) is 88.9 Å². The summed E-state index contributed by atoms with van der Waals surface area (Å²) in [4.78, 5) is 24.5. The number of carbonyl (C=O) groups is 2. The third-order valence-corrected chi connectivity index (χ3v) is 5.39. The van der Waals surface area contributed by atoms with E-state index in [4.69, 9.17) is 0 Å². The molecule has 3 rings (SSSR count). The first kappa shape index (κ1) is 21.5. The molecule has 2 amide bonds. The molecule has 0 spiro atoms. The number of thioether (sulfide) groups is 1. The van der Waals surface area contributed by atoms with Gasteiger partial charge in [0.25, 0.3) is 5.91 Å². The lowest BCUT2D eigenvalue weighted by Crippen LogP contribution is -2.24. The summed E-state index contributed by atoms with van der Waals surface area (Å²) >= 11 is 1.23. The maximum atomic E-state index is 13.6. The Morgan fingerprint density at radius 2 is 1.87 bits per heavy atom. The number of hydrogen-bond acceptors (Lipinski definition) is 5. The number of amides is 2. The van der Waals surface area contributed by atoms with Gasteiger partial charge in [0.1, 0.15) is 5.82 Å². The maximum absolute atomic E-state index is 13.6. The summed E-state index contributed by atoms with van der Waals surface area (Å²) in [5, 5.41) is 14.4. The monoisotopic (exact) mass is 427 g/mol. The normalized spacial score (nSPS) is 10.6. The SMILES string of the molecule is CCn1c(CNC(=O)c2ccccc2)nnc1SCC(=O)Nc1cccc(F)c1C. The number of halogens is 1. The second-order valence-corrected chi connectivity index (χ2v) is 7.38. The Hall–Kier alpha value is -3.20. The van der Waals surface area contributed by atoms with Gasteiger partial charge >= 0.3 is 0 Å².